The first-order valence-electron chi connectivity index (χ1n) is 8.07. The fourth-order valence-electron chi connectivity index (χ4n) is 3.02. The fraction of sp³-hybridized carbons (Fsp3) is 0.100. The summed E-state index contributed by atoms with van der Waals surface area (Å²) in [5.41, 5.74) is 2.54. The Hall–Kier alpha value is -2.44. The average molecular weight is 382 g/mol. The van der Waals surface area contributed by atoms with E-state index in [1.165, 1.54) is 22.7 Å². The number of rotatable bonds is 3. The van der Waals surface area contributed by atoms with Gasteiger partial charge in [-0.2, -0.15) is 0 Å². The summed E-state index contributed by atoms with van der Waals surface area (Å²) in [6.45, 7) is 0.426. The van der Waals surface area contributed by atoms with Gasteiger partial charge in [0.1, 0.15) is 10.1 Å². The monoisotopic (exact) mass is 382 g/mol. The Labute approximate surface area is 160 Å². The Morgan fingerprint density at radius 1 is 1.15 bits per heavy atom. The minimum absolute atomic E-state index is 0.0917. The number of thiocarbonyl (C=S) groups is 1. The number of benzene rings is 2. The van der Waals surface area contributed by atoms with Gasteiger partial charge in [-0.1, -0.05) is 60.4 Å². The first-order valence-corrected chi connectivity index (χ1v) is 9.30. The molecule has 2 heterocycles. The topological polar surface area (TPSA) is 25.2 Å². The smallest absolute Gasteiger partial charge is 0.265 e. The SMILES string of the molecule is CN1C(=O)/C(=C\c2cn(Cc3ccccc3F)c3ccccc23)SC1=S. The van der Waals surface area contributed by atoms with E-state index in [0.717, 1.165) is 16.5 Å². The highest BCUT2D eigenvalue weighted by atomic mass is 32.2. The molecule has 0 bridgehead atoms. The van der Waals surface area contributed by atoms with Gasteiger partial charge in [-0.25, -0.2) is 4.39 Å². The van der Waals surface area contributed by atoms with E-state index in [9.17, 15) is 9.18 Å². The lowest BCUT2D eigenvalue weighted by Crippen LogP contribution is -2.22. The quantitative estimate of drug-likeness (QED) is 0.487. The molecule has 0 N–H and O–H groups in total. The lowest BCUT2D eigenvalue weighted by Gasteiger charge is -2.06. The molecule has 4 rings (SSSR count). The molecule has 1 saturated heterocycles. The molecule has 0 unspecified atom stereocenters. The zero-order chi connectivity index (χ0) is 18.3. The van der Waals surface area contributed by atoms with Crippen LogP contribution < -0.4 is 0 Å². The van der Waals surface area contributed by atoms with Crippen LogP contribution in [0.3, 0.4) is 0 Å². The van der Waals surface area contributed by atoms with E-state index in [1.54, 1.807) is 19.2 Å². The van der Waals surface area contributed by atoms with E-state index in [-0.39, 0.29) is 11.7 Å². The first-order chi connectivity index (χ1) is 12.5. The average Bonchev–Trinajstić information content (AvgIpc) is 3.10. The van der Waals surface area contributed by atoms with Gasteiger partial charge in [0, 0.05) is 35.3 Å². The van der Waals surface area contributed by atoms with Gasteiger partial charge in [0.25, 0.3) is 5.91 Å². The zero-order valence-electron chi connectivity index (χ0n) is 14.0. The first kappa shape index (κ1) is 17.0. The van der Waals surface area contributed by atoms with Gasteiger partial charge in [-0.05, 0) is 18.2 Å². The summed E-state index contributed by atoms with van der Waals surface area (Å²) >= 11 is 6.50. The molecular formula is C20H15FN2OS2. The number of halogens is 1. The largest absolute Gasteiger partial charge is 0.342 e. The fourth-order valence-corrected chi connectivity index (χ4v) is 4.19. The van der Waals surface area contributed by atoms with Crippen LogP contribution in [0.2, 0.25) is 0 Å². The molecule has 2 aromatic carbocycles. The van der Waals surface area contributed by atoms with Crippen LogP contribution in [-0.2, 0) is 11.3 Å². The minimum atomic E-state index is -0.223. The van der Waals surface area contributed by atoms with Gasteiger partial charge in [0.2, 0.25) is 0 Å². The van der Waals surface area contributed by atoms with Crippen molar-refractivity contribution < 1.29 is 9.18 Å². The number of hydrogen-bond acceptors (Lipinski definition) is 3. The predicted molar refractivity (Wildman–Crippen MR) is 108 cm³/mol. The summed E-state index contributed by atoms with van der Waals surface area (Å²) < 4.78 is 16.6. The standard InChI is InChI=1S/C20H15FN2OS2/c1-22-19(24)18(26-20(22)25)10-14-12-23(17-9-5-3-7-15(14)17)11-13-6-2-4-8-16(13)21/h2-10,12H,11H2,1H3/b18-10+. The molecule has 1 fully saturated rings. The van der Waals surface area contributed by atoms with Crippen LogP contribution in [0.25, 0.3) is 17.0 Å². The number of fused-ring (bicyclic) bond motifs is 1. The van der Waals surface area contributed by atoms with Gasteiger partial charge >= 0.3 is 0 Å². The van der Waals surface area contributed by atoms with Crippen LogP contribution in [0.4, 0.5) is 4.39 Å². The third-order valence-corrected chi connectivity index (χ3v) is 5.88. The summed E-state index contributed by atoms with van der Waals surface area (Å²) in [5.74, 6) is -0.315. The van der Waals surface area contributed by atoms with Gasteiger partial charge in [0.05, 0.1) is 11.4 Å². The van der Waals surface area contributed by atoms with Crippen molar-refractivity contribution in [1.82, 2.24) is 9.47 Å². The van der Waals surface area contributed by atoms with Crippen LogP contribution in [0, 0.1) is 5.82 Å². The van der Waals surface area contributed by atoms with Crippen LogP contribution in [-0.4, -0.2) is 26.7 Å². The Morgan fingerprint density at radius 2 is 1.88 bits per heavy atom. The third-order valence-electron chi connectivity index (χ3n) is 4.39. The Morgan fingerprint density at radius 3 is 2.62 bits per heavy atom. The summed E-state index contributed by atoms with van der Waals surface area (Å²) in [5, 5.41) is 1.02. The highest BCUT2D eigenvalue weighted by molar-refractivity contribution is 8.26. The molecule has 6 heteroatoms. The van der Waals surface area contributed by atoms with Crippen molar-refractivity contribution in [3.63, 3.8) is 0 Å². The summed E-state index contributed by atoms with van der Waals surface area (Å²) in [6, 6.07) is 14.7. The molecule has 0 spiro atoms. The van der Waals surface area contributed by atoms with E-state index < -0.39 is 0 Å². The number of para-hydroxylation sites is 1. The highest BCUT2D eigenvalue weighted by Gasteiger charge is 2.29. The molecule has 0 atom stereocenters. The summed E-state index contributed by atoms with van der Waals surface area (Å²) in [6.07, 6.45) is 3.82. The molecule has 0 radical (unpaired) electrons. The van der Waals surface area contributed by atoms with E-state index in [0.29, 0.717) is 21.3 Å². The number of amides is 1. The number of likely N-dealkylation sites (N-methyl/N-ethyl adjacent to an activating group) is 1. The molecule has 1 amide bonds. The number of carbonyl (C=O) groups excluding carboxylic acids is 1. The second-order valence-corrected chi connectivity index (χ2v) is 7.74. The minimum Gasteiger partial charge on any atom is -0.342 e. The Bertz CT molecular complexity index is 1070. The zero-order valence-corrected chi connectivity index (χ0v) is 15.6. The van der Waals surface area contributed by atoms with E-state index in [1.807, 2.05) is 47.2 Å². The number of nitrogens with zero attached hydrogens (tertiary/aromatic N) is 2. The van der Waals surface area contributed by atoms with Crippen molar-refractivity contribution in [2.24, 2.45) is 0 Å². The van der Waals surface area contributed by atoms with Crippen LogP contribution in [0.5, 0.6) is 0 Å². The summed E-state index contributed by atoms with van der Waals surface area (Å²) in [4.78, 5) is 14.4. The number of carbonyl (C=O) groups is 1. The lowest BCUT2D eigenvalue weighted by atomic mass is 10.1. The second kappa shape index (κ2) is 6.70. The maximum atomic E-state index is 14.1. The van der Waals surface area contributed by atoms with E-state index in [4.69, 9.17) is 12.2 Å². The van der Waals surface area contributed by atoms with E-state index in [2.05, 4.69) is 0 Å². The highest BCUT2D eigenvalue weighted by Crippen LogP contribution is 2.33. The summed E-state index contributed by atoms with van der Waals surface area (Å²) in [7, 11) is 1.68. The van der Waals surface area contributed by atoms with Crippen molar-refractivity contribution in [3.8, 4) is 0 Å². The number of aromatic nitrogens is 1. The molecule has 3 aromatic rings. The second-order valence-electron chi connectivity index (χ2n) is 6.06. The van der Waals surface area contributed by atoms with E-state index >= 15 is 0 Å². The third kappa shape index (κ3) is 2.95. The van der Waals surface area contributed by atoms with Crippen LogP contribution >= 0.6 is 24.0 Å². The van der Waals surface area contributed by atoms with Gasteiger partial charge in [-0.15, -0.1) is 0 Å². The Kier molecular flexibility index (Phi) is 4.38. The number of hydrogen-bond donors (Lipinski definition) is 0. The van der Waals surface area contributed by atoms with Crippen molar-refractivity contribution in [2.45, 2.75) is 6.54 Å². The van der Waals surface area contributed by atoms with Gasteiger partial charge in [0.15, 0.2) is 0 Å². The molecule has 1 aliphatic rings. The molecule has 1 aromatic heterocycles. The van der Waals surface area contributed by atoms with Crippen molar-refractivity contribution in [3.05, 3.63) is 76.6 Å². The van der Waals surface area contributed by atoms with Crippen molar-refractivity contribution in [1.29, 1.82) is 0 Å². The molecule has 0 aliphatic carbocycles. The van der Waals surface area contributed by atoms with Crippen molar-refractivity contribution in [2.75, 3.05) is 7.05 Å². The maximum absolute atomic E-state index is 14.1. The Balaban J connectivity index is 1.79. The van der Waals surface area contributed by atoms with Crippen LogP contribution in [0.1, 0.15) is 11.1 Å². The van der Waals surface area contributed by atoms with Crippen molar-refractivity contribution >= 4 is 51.2 Å². The lowest BCUT2D eigenvalue weighted by molar-refractivity contribution is -0.121. The molecule has 130 valence electrons. The molecule has 1 aliphatic heterocycles. The van der Waals surface area contributed by atoms with Crippen LogP contribution in [0.15, 0.2) is 59.6 Å². The predicted octanol–water partition coefficient (Wildman–Crippen LogP) is 4.66. The molecule has 3 nitrogen and oxygen atoms in total. The van der Waals surface area contributed by atoms with Gasteiger partial charge < -0.3 is 4.57 Å². The number of thioether (sulfide) groups is 1. The molecule has 0 saturated carbocycles. The van der Waals surface area contributed by atoms with Gasteiger partial charge in [-0.3, -0.25) is 9.69 Å². The molecule has 26 heavy (non-hydrogen) atoms. The maximum Gasteiger partial charge on any atom is 0.265 e. The normalized spacial score (nSPS) is 16.2. The molecular weight excluding hydrogens is 367 g/mol.